The van der Waals surface area contributed by atoms with Gasteiger partial charge in [0.25, 0.3) is 0 Å². The predicted octanol–water partition coefficient (Wildman–Crippen LogP) is 5.90. The standard InChI is InChI=1S/C29H34FN5O4S/c1-18-15-21(30)5-10-24(18)40(37,38)29(11-12-29)25-16-26(35-13-14-39-17-19(35)2)34-27(33-25)20-3-6-22(7-4-20)31-28(36)32-23-8-9-23/h3-7,10,15-16,19,23,37-38H,8-9,11-14,17H2,1-2H3,(H2,31,32,36)/t19-/m0/s1. The molecule has 3 aromatic rings. The van der Waals surface area contributed by atoms with Gasteiger partial charge in [-0.25, -0.2) is 19.2 Å². The second-order valence-electron chi connectivity index (χ2n) is 11.0. The molecule has 1 saturated heterocycles. The van der Waals surface area contributed by atoms with Crippen LogP contribution in [-0.4, -0.2) is 56.9 Å². The van der Waals surface area contributed by atoms with Crippen molar-refractivity contribution in [2.24, 2.45) is 0 Å². The number of anilines is 2. The quantitative estimate of drug-likeness (QED) is 0.281. The fourth-order valence-electron chi connectivity index (χ4n) is 5.24. The summed E-state index contributed by atoms with van der Waals surface area (Å²) in [5.41, 5.74) is 2.44. The highest BCUT2D eigenvalue weighted by Gasteiger charge is 2.58. The maximum absolute atomic E-state index is 13.8. The molecule has 40 heavy (non-hydrogen) atoms. The number of rotatable bonds is 7. The Morgan fingerprint density at radius 2 is 1.88 bits per heavy atom. The number of hydrogen-bond donors (Lipinski definition) is 4. The van der Waals surface area contributed by atoms with Gasteiger partial charge in [0.15, 0.2) is 5.82 Å². The second-order valence-corrected chi connectivity index (χ2v) is 13.3. The number of nitrogens with zero attached hydrogens (tertiary/aromatic N) is 3. The molecule has 9 nitrogen and oxygen atoms in total. The first-order valence-corrected chi connectivity index (χ1v) is 15.2. The third kappa shape index (κ3) is 5.14. The molecular formula is C29H34FN5O4S. The lowest BCUT2D eigenvalue weighted by atomic mass is 10.1. The van der Waals surface area contributed by atoms with E-state index in [1.165, 1.54) is 18.2 Å². The van der Waals surface area contributed by atoms with Crippen molar-refractivity contribution in [3.8, 4) is 11.4 Å². The van der Waals surface area contributed by atoms with E-state index in [2.05, 4.69) is 22.5 Å². The number of aromatic nitrogens is 2. The van der Waals surface area contributed by atoms with Crippen molar-refractivity contribution in [2.45, 2.75) is 61.3 Å². The molecule has 2 aliphatic carbocycles. The molecule has 0 radical (unpaired) electrons. The van der Waals surface area contributed by atoms with E-state index >= 15 is 0 Å². The molecule has 0 spiro atoms. The van der Waals surface area contributed by atoms with Crippen LogP contribution in [0.2, 0.25) is 0 Å². The molecule has 4 N–H and O–H groups in total. The Balaban J connectivity index is 1.37. The lowest BCUT2D eigenvalue weighted by Crippen LogP contribution is -2.44. The number of morpholine rings is 1. The van der Waals surface area contributed by atoms with Crippen LogP contribution in [0, 0.1) is 12.7 Å². The van der Waals surface area contributed by atoms with E-state index in [-0.39, 0.29) is 18.1 Å². The van der Waals surface area contributed by atoms with Crippen LogP contribution in [0.5, 0.6) is 0 Å². The summed E-state index contributed by atoms with van der Waals surface area (Å²) < 4.78 is 41.9. The average Bonchev–Trinajstić information content (AvgIpc) is 3.85. The number of halogens is 1. The number of nitrogens with one attached hydrogen (secondary N) is 2. The first-order valence-electron chi connectivity index (χ1n) is 13.6. The highest BCUT2D eigenvalue weighted by Crippen LogP contribution is 2.75. The van der Waals surface area contributed by atoms with E-state index in [1.54, 1.807) is 19.1 Å². The Hall–Kier alpha value is -3.25. The number of benzene rings is 2. The minimum atomic E-state index is -3.37. The van der Waals surface area contributed by atoms with Gasteiger partial charge in [0.1, 0.15) is 16.4 Å². The van der Waals surface area contributed by atoms with Gasteiger partial charge in [0.2, 0.25) is 0 Å². The Morgan fingerprint density at radius 3 is 2.52 bits per heavy atom. The molecule has 6 rings (SSSR count). The van der Waals surface area contributed by atoms with Crippen molar-refractivity contribution in [3.63, 3.8) is 0 Å². The Kier molecular flexibility index (Phi) is 6.94. The summed E-state index contributed by atoms with van der Waals surface area (Å²) in [5, 5.41) is 5.76. The average molecular weight is 568 g/mol. The van der Waals surface area contributed by atoms with Crippen LogP contribution >= 0.6 is 10.6 Å². The monoisotopic (exact) mass is 567 g/mol. The molecule has 2 heterocycles. The maximum Gasteiger partial charge on any atom is 0.319 e. The van der Waals surface area contributed by atoms with Gasteiger partial charge in [-0.05, 0) is 87.6 Å². The van der Waals surface area contributed by atoms with E-state index in [4.69, 9.17) is 14.7 Å². The van der Waals surface area contributed by atoms with Gasteiger partial charge in [-0.15, -0.1) is 0 Å². The van der Waals surface area contributed by atoms with Crippen molar-refractivity contribution in [1.82, 2.24) is 15.3 Å². The van der Waals surface area contributed by atoms with Crippen molar-refractivity contribution in [1.29, 1.82) is 0 Å². The molecule has 0 unspecified atom stereocenters. The number of carbonyl (C=O) groups excluding carboxylic acids is 1. The molecule has 11 heteroatoms. The SMILES string of the molecule is Cc1cc(F)ccc1S(O)(O)C1(c2cc(N3CCOC[C@@H]3C)nc(-c3ccc(NC(=O)NC4CC4)cc3)n2)CC1. The Labute approximate surface area is 234 Å². The summed E-state index contributed by atoms with van der Waals surface area (Å²) in [7, 11) is -3.37. The minimum absolute atomic E-state index is 0.0794. The van der Waals surface area contributed by atoms with Crippen LogP contribution in [0.4, 0.5) is 20.7 Å². The molecule has 1 aliphatic heterocycles. The normalized spacial score (nSPS) is 20.6. The highest BCUT2D eigenvalue weighted by atomic mass is 32.3. The van der Waals surface area contributed by atoms with Gasteiger partial charge < -0.3 is 20.3 Å². The molecule has 212 valence electrons. The van der Waals surface area contributed by atoms with Crippen LogP contribution in [0.15, 0.2) is 53.4 Å². The predicted molar refractivity (Wildman–Crippen MR) is 153 cm³/mol. The number of carbonyl (C=O) groups is 1. The smallest absolute Gasteiger partial charge is 0.319 e. The zero-order valence-electron chi connectivity index (χ0n) is 22.6. The first kappa shape index (κ1) is 26.9. The summed E-state index contributed by atoms with van der Waals surface area (Å²) in [6, 6.07) is 13.3. The van der Waals surface area contributed by atoms with Crippen molar-refractivity contribution in [3.05, 3.63) is 65.6 Å². The molecule has 2 amide bonds. The van der Waals surface area contributed by atoms with Gasteiger partial charge >= 0.3 is 6.03 Å². The third-order valence-corrected chi connectivity index (χ3v) is 10.6. The lowest BCUT2D eigenvalue weighted by molar-refractivity contribution is 0.0985. The van der Waals surface area contributed by atoms with Gasteiger partial charge in [-0.2, -0.15) is 10.6 Å². The summed E-state index contributed by atoms with van der Waals surface area (Å²) in [6.45, 7) is 5.53. The fourth-order valence-corrected chi connectivity index (χ4v) is 7.49. The zero-order chi connectivity index (χ0) is 28.1. The van der Waals surface area contributed by atoms with E-state index in [9.17, 15) is 18.3 Å². The highest BCUT2D eigenvalue weighted by molar-refractivity contribution is 8.25. The number of amides is 2. The van der Waals surface area contributed by atoms with Gasteiger partial charge in [0.05, 0.1) is 29.8 Å². The minimum Gasteiger partial charge on any atom is -0.377 e. The molecule has 3 fully saturated rings. The van der Waals surface area contributed by atoms with E-state index in [0.717, 1.165) is 18.4 Å². The first-order chi connectivity index (χ1) is 19.2. The van der Waals surface area contributed by atoms with E-state index in [1.807, 2.05) is 18.2 Å². The number of urea groups is 1. The van der Waals surface area contributed by atoms with Crippen molar-refractivity contribution < 1.29 is 23.0 Å². The summed E-state index contributed by atoms with van der Waals surface area (Å²) in [6.07, 6.45) is 3.10. The zero-order valence-corrected chi connectivity index (χ0v) is 23.4. The molecule has 1 atom stereocenters. The van der Waals surface area contributed by atoms with E-state index in [0.29, 0.717) is 66.1 Å². The van der Waals surface area contributed by atoms with E-state index < -0.39 is 21.2 Å². The summed E-state index contributed by atoms with van der Waals surface area (Å²) >= 11 is 0. The lowest BCUT2D eigenvalue weighted by Gasteiger charge is -2.42. The van der Waals surface area contributed by atoms with Crippen LogP contribution in [0.3, 0.4) is 0 Å². The van der Waals surface area contributed by atoms with Crippen molar-refractivity contribution in [2.75, 3.05) is 30.0 Å². The Morgan fingerprint density at radius 1 is 1.12 bits per heavy atom. The van der Waals surface area contributed by atoms with Crippen LogP contribution in [-0.2, 0) is 9.48 Å². The number of hydrogen-bond acceptors (Lipinski definition) is 7. The topological polar surface area (TPSA) is 120 Å². The van der Waals surface area contributed by atoms with Crippen LogP contribution < -0.4 is 15.5 Å². The second kappa shape index (κ2) is 10.3. The van der Waals surface area contributed by atoms with Gasteiger partial charge in [-0.3, -0.25) is 9.11 Å². The largest absolute Gasteiger partial charge is 0.377 e. The molecule has 1 aromatic heterocycles. The molecule has 0 bridgehead atoms. The molecule has 3 aliphatic rings. The van der Waals surface area contributed by atoms with Crippen LogP contribution in [0.25, 0.3) is 11.4 Å². The molecular weight excluding hydrogens is 533 g/mol. The maximum atomic E-state index is 13.8. The third-order valence-electron chi connectivity index (χ3n) is 7.85. The molecule has 2 saturated carbocycles. The van der Waals surface area contributed by atoms with Gasteiger partial charge in [-0.1, -0.05) is 0 Å². The summed E-state index contributed by atoms with van der Waals surface area (Å²) in [4.78, 5) is 24.4. The van der Waals surface area contributed by atoms with Crippen LogP contribution in [0.1, 0.15) is 43.9 Å². The van der Waals surface area contributed by atoms with Gasteiger partial charge in [0, 0.05) is 29.9 Å². The number of ether oxygens (including phenoxy) is 1. The van der Waals surface area contributed by atoms with Crippen molar-refractivity contribution >= 4 is 28.1 Å². The fraction of sp³-hybridized carbons (Fsp3) is 0.414. The number of aryl methyl sites for hydroxylation is 1. The molecule has 2 aromatic carbocycles. The summed E-state index contributed by atoms with van der Waals surface area (Å²) in [5.74, 6) is 0.730. The Bertz CT molecular complexity index is 1430.